The number of carbonyl (C=O) groups excluding carboxylic acids is 1. The van der Waals surface area contributed by atoms with Crippen LogP contribution < -0.4 is 4.74 Å². The Morgan fingerprint density at radius 1 is 1.09 bits per heavy atom. The molecular formula is C19H22O3. The van der Waals surface area contributed by atoms with E-state index in [1.165, 1.54) is 0 Å². The van der Waals surface area contributed by atoms with Crippen molar-refractivity contribution in [1.82, 2.24) is 0 Å². The molecular weight excluding hydrogens is 276 g/mol. The maximum Gasteiger partial charge on any atom is 0.153 e. The van der Waals surface area contributed by atoms with Gasteiger partial charge in [0.25, 0.3) is 0 Å². The fourth-order valence-corrected chi connectivity index (χ4v) is 2.40. The Morgan fingerprint density at radius 2 is 1.77 bits per heavy atom. The predicted molar refractivity (Wildman–Crippen MR) is 87.7 cm³/mol. The second-order valence-corrected chi connectivity index (χ2v) is 6.20. The van der Waals surface area contributed by atoms with Crippen LogP contribution in [-0.2, 0) is 5.60 Å². The monoisotopic (exact) mass is 298 g/mol. The van der Waals surface area contributed by atoms with Crippen LogP contribution in [0.1, 0.15) is 55.1 Å². The first-order valence-corrected chi connectivity index (χ1v) is 7.42. The molecule has 3 heteroatoms. The average Bonchev–Trinajstić information content (AvgIpc) is 2.46. The number of aldehydes is 1. The molecule has 22 heavy (non-hydrogen) atoms. The minimum atomic E-state index is -1.10. The molecule has 0 heterocycles. The third-order valence-electron chi connectivity index (χ3n) is 3.58. The number of carbonyl (C=O) groups is 1. The molecule has 0 bridgehead atoms. The molecule has 2 aromatic rings. The van der Waals surface area contributed by atoms with E-state index in [9.17, 15) is 9.90 Å². The SMILES string of the molecule is CC(C)c1ccccc1Oc1c(C=O)cccc1C(C)(C)O. The molecule has 0 saturated heterocycles. The topological polar surface area (TPSA) is 46.5 Å². The van der Waals surface area contributed by atoms with E-state index in [1.54, 1.807) is 32.0 Å². The van der Waals surface area contributed by atoms with Crippen molar-refractivity contribution in [1.29, 1.82) is 0 Å². The quantitative estimate of drug-likeness (QED) is 0.818. The number of hydrogen-bond donors (Lipinski definition) is 1. The van der Waals surface area contributed by atoms with Crippen molar-refractivity contribution < 1.29 is 14.6 Å². The molecule has 0 aromatic heterocycles. The second kappa shape index (κ2) is 6.32. The van der Waals surface area contributed by atoms with Gasteiger partial charge in [0.15, 0.2) is 6.29 Å². The van der Waals surface area contributed by atoms with E-state index in [2.05, 4.69) is 13.8 Å². The summed E-state index contributed by atoms with van der Waals surface area (Å²) in [5.74, 6) is 1.42. The number of rotatable bonds is 5. The van der Waals surface area contributed by atoms with E-state index in [1.807, 2.05) is 24.3 Å². The zero-order valence-corrected chi connectivity index (χ0v) is 13.5. The highest BCUT2D eigenvalue weighted by molar-refractivity contribution is 5.80. The summed E-state index contributed by atoms with van der Waals surface area (Å²) >= 11 is 0. The summed E-state index contributed by atoms with van der Waals surface area (Å²) in [6.45, 7) is 7.53. The van der Waals surface area contributed by atoms with Gasteiger partial charge in [-0.1, -0.05) is 44.2 Å². The summed E-state index contributed by atoms with van der Waals surface area (Å²) in [4.78, 5) is 11.4. The van der Waals surface area contributed by atoms with Gasteiger partial charge in [-0.2, -0.15) is 0 Å². The molecule has 1 N–H and O–H groups in total. The molecule has 2 aromatic carbocycles. The van der Waals surface area contributed by atoms with Crippen LogP contribution in [0.3, 0.4) is 0 Å². The maximum absolute atomic E-state index is 11.4. The van der Waals surface area contributed by atoms with E-state index in [0.29, 0.717) is 28.5 Å². The van der Waals surface area contributed by atoms with Crippen LogP contribution in [0, 0.1) is 0 Å². The van der Waals surface area contributed by atoms with Gasteiger partial charge in [0, 0.05) is 5.56 Å². The lowest BCUT2D eigenvalue weighted by Crippen LogP contribution is -2.17. The van der Waals surface area contributed by atoms with Crippen molar-refractivity contribution in [3.05, 3.63) is 59.2 Å². The number of aliphatic hydroxyl groups is 1. The lowest BCUT2D eigenvalue weighted by Gasteiger charge is -2.23. The minimum Gasteiger partial charge on any atom is -0.456 e. The maximum atomic E-state index is 11.4. The summed E-state index contributed by atoms with van der Waals surface area (Å²) in [6.07, 6.45) is 0.753. The lowest BCUT2D eigenvalue weighted by molar-refractivity contribution is 0.0761. The van der Waals surface area contributed by atoms with Crippen molar-refractivity contribution in [2.45, 2.75) is 39.2 Å². The van der Waals surface area contributed by atoms with E-state index in [0.717, 1.165) is 11.8 Å². The summed E-state index contributed by atoms with van der Waals surface area (Å²) in [6, 6.07) is 13.0. The molecule has 0 atom stereocenters. The van der Waals surface area contributed by atoms with E-state index in [4.69, 9.17) is 4.74 Å². The van der Waals surface area contributed by atoms with Gasteiger partial charge in [-0.25, -0.2) is 0 Å². The molecule has 0 spiro atoms. The normalized spacial score (nSPS) is 11.5. The Balaban J connectivity index is 2.56. The predicted octanol–water partition coefficient (Wildman–Crippen LogP) is 4.64. The van der Waals surface area contributed by atoms with Crippen molar-refractivity contribution in [2.24, 2.45) is 0 Å². The highest BCUT2D eigenvalue weighted by Gasteiger charge is 2.24. The smallest absolute Gasteiger partial charge is 0.153 e. The zero-order valence-electron chi connectivity index (χ0n) is 13.5. The summed E-state index contributed by atoms with van der Waals surface area (Å²) < 4.78 is 6.06. The molecule has 3 nitrogen and oxygen atoms in total. The first kappa shape index (κ1) is 16.2. The first-order valence-electron chi connectivity index (χ1n) is 7.42. The minimum absolute atomic E-state index is 0.296. The lowest BCUT2D eigenvalue weighted by atomic mass is 9.95. The van der Waals surface area contributed by atoms with Crippen molar-refractivity contribution >= 4 is 6.29 Å². The molecule has 2 rings (SSSR count). The Morgan fingerprint density at radius 3 is 2.36 bits per heavy atom. The third-order valence-corrected chi connectivity index (χ3v) is 3.58. The molecule has 116 valence electrons. The Kier molecular flexibility index (Phi) is 4.67. The summed E-state index contributed by atoms with van der Waals surface area (Å²) in [5, 5.41) is 10.4. The van der Waals surface area contributed by atoms with Crippen molar-refractivity contribution in [3.63, 3.8) is 0 Å². The summed E-state index contributed by atoms with van der Waals surface area (Å²) in [5.41, 5.74) is 0.986. The number of benzene rings is 2. The highest BCUT2D eigenvalue weighted by Crippen LogP contribution is 2.37. The van der Waals surface area contributed by atoms with Crippen LogP contribution in [0.5, 0.6) is 11.5 Å². The van der Waals surface area contributed by atoms with Crippen LogP contribution in [0.2, 0.25) is 0 Å². The Bertz CT molecular complexity index is 667. The fourth-order valence-electron chi connectivity index (χ4n) is 2.40. The van der Waals surface area contributed by atoms with Gasteiger partial charge in [0.2, 0.25) is 0 Å². The first-order chi connectivity index (χ1) is 10.3. The highest BCUT2D eigenvalue weighted by atomic mass is 16.5. The van der Waals surface area contributed by atoms with E-state index in [-0.39, 0.29) is 0 Å². The number of para-hydroxylation sites is 2. The van der Waals surface area contributed by atoms with Gasteiger partial charge >= 0.3 is 0 Å². The van der Waals surface area contributed by atoms with Gasteiger partial charge in [-0.15, -0.1) is 0 Å². The van der Waals surface area contributed by atoms with Gasteiger partial charge < -0.3 is 9.84 Å². The second-order valence-electron chi connectivity index (χ2n) is 6.20. The standard InChI is InChI=1S/C19H22O3/c1-13(2)15-9-5-6-11-17(15)22-18-14(12-20)8-7-10-16(18)19(3,4)21/h5-13,21H,1-4H3. The van der Waals surface area contributed by atoms with Gasteiger partial charge in [0.1, 0.15) is 11.5 Å². The van der Waals surface area contributed by atoms with Gasteiger partial charge in [-0.05, 0) is 37.5 Å². The van der Waals surface area contributed by atoms with Crippen LogP contribution in [0.4, 0.5) is 0 Å². The third kappa shape index (κ3) is 3.37. The van der Waals surface area contributed by atoms with Crippen LogP contribution >= 0.6 is 0 Å². The molecule has 0 fully saturated rings. The molecule has 0 radical (unpaired) electrons. The van der Waals surface area contributed by atoms with Gasteiger partial charge in [0.05, 0.1) is 11.2 Å². The largest absolute Gasteiger partial charge is 0.456 e. The molecule has 0 unspecified atom stereocenters. The molecule has 0 amide bonds. The fraction of sp³-hybridized carbons (Fsp3) is 0.316. The van der Waals surface area contributed by atoms with Crippen molar-refractivity contribution in [3.8, 4) is 11.5 Å². The van der Waals surface area contributed by atoms with E-state index >= 15 is 0 Å². The van der Waals surface area contributed by atoms with E-state index < -0.39 is 5.60 Å². The molecule has 0 aliphatic carbocycles. The number of hydrogen-bond acceptors (Lipinski definition) is 3. The van der Waals surface area contributed by atoms with Crippen molar-refractivity contribution in [2.75, 3.05) is 0 Å². The van der Waals surface area contributed by atoms with Crippen LogP contribution in [0.25, 0.3) is 0 Å². The van der Waals surface area contributed by atoms with Crippen LogP contribution in [-0.4, -0.2) is 11.4 Å². The zero-order chi connectivity index (χ0) is 16.3. The average molecular weight is 298 g/mol. The molecule has 0 saturated carbocycles. The Labute approximate surface area is 131 Å². The molecule has 0 aliphatic rings. The molecule has 0 aliphatic heterocycles. The van der Waals surface area contributed by atoms with Crippen LogP contribution in [0.15, 0.2) is 42.5 Å². The number of ether oxygens (including phenoxy) is 1. The summed E-state index contributed by atoms with van der Waals surface area (Å²) in [7, 11) is 0. The Hall–Kier alpha value is -2.13. The van der Waals surface area contributed by atoms with Gasteiger partial charge in [-0.3, -0.25) is 4.79 Å².